The molecule has 1 amide bonds. The van der Waals surface area contributed by atoms with Crippen LogP contribution in [0.4, 0.5) is 0 Å². The molecule has 1 saturated heterocycles. The molecule has 0 spiro atoms. The van der Waals surface area contributed by atoms with E-state index in [-0.39, 0.29) is 18.3 Å². The summed E-state index contributed by atoms with van der Waals surface area (Å²) in [4.78, 5) is 12.2. The molecule has 1 fully saturated rings. The number of halogens is 3. The van der Waals surface area contributed by atoms with Crippen molar-refractivity contribution in [2.24, 2.45) is 0 Å². The van der Waals surface area contributed by atoms with Crippen molar-refractivity contribution in [1.82, 2.24) is 25.6 Å². The molecule has 2 aromatic rings. The second-order valence-corrected chi connectivity index (χ2v) is 6.57. The fraction of sp³-hybridized carbons (Fsp3) is 0.438. The van der Waals surface area contributed by atoms with E-state index in [1.54, 1.807) is 16.9 Å². The molecule has 0 aliphatic carbocycles. The molecule has 0 atom stereocenters. The first kappa shape index (κ1) is 20.0. The quantitative estimate of drug-likeness (QED) is 0.804. The van der Waals surface area contributed by atoms with E-state index in [0.29, 0.717) is 34.7 Å². The number of hydrogen-bond donors (Lipinski definition) is 2. The van der Waals surface area contributed by atoms with E-state index in [4.69, 9.17) is 23.2 Å². The van der Waals surface area contributed by atoms with Gasteiger partial charge in [-0.1, -0.05) is 40.5 Å². The van der Waals surface area contributed by atoms with Crippen LogP contribution >= 0.6 is 35.6 Å². The highest BCUT2D eigenvalue weighted by molar-refractivity contribution is 6.42. The van der Waals surface area contributed by atoms with Gasteiger partial charge in [0.15, 0.2) is 5.69 Å². The number of hydrogen-bond acceptors (Lipinski definition) is 4. The first-order chi connectivity index (χ1) is 11.6. The molecule has 0 bridgehead atoms. The second kappa shape index (κ2) is 9.38. The van der Waals surface area contributed by atoms with Gasteiger partial charge in [-0.05, 0) is 44.0 Å². The number of carbonyl (C=O) groups excluding carboxylic acids is 1. The van der Waals surface area contributed by atoms with Gasteiger partial charge in [0.2, 0.25) is 0 Å². The maximum absolute atomic E-state index is 12.2. The van der Waals surface area contributed by atoms with Crippen LogP contribution in [0, 0.1) is 0 Å². The lowest BCUT2D eigenvalue weighted by Gasteiger charge is -2.22. The minimum Gasteiger partial charge on any atom is -0.350 e. The number of aromatic nitrogens is 3. The number of benzene rings is 1. The molecule has 1 aliphatic rings. The number of nitrogens with one attached hydrogen (secondary N) is 2. The molecule has 1 aliphatic heterocycles. The summed E-state index contributed by atoms with van der Waals surface area (Å²) in [6, 6.07) is 5.79. The fourth-order valence-corrected chi connectivity index (χ4v) is 3.19. The molecule has 1 aromatic heterocycles. The van der Waals surface area contributed by atoms with Crippen LogP contribution in [0.25, 0.3) is 0 Å². The van der Waals surface area contributed by atoms with E-state index in [0.717, 1.165) is 31.5 Å². The van der Waals surface area contributed by atoms with Gasteiger partial charge in [-0.25, -0.2) is 4.68 Å². The number of carbonyl (C=O) groups is 1. The van der Waals surface area contributed by atoms with Gasteiger partial charge >= 0.3 is 0 Å². The van der Waals surface area contributed by atoms with Crippen LogP contribution in [0.15, 0.2) is 24.4 Å². The molecule has 0 unspecified atom stereocenters. The average Bonchev–Trinajstić information content (AvgIpc) is 3.09. The summed E-state index contributed by atoms with van der Waals surface area (Å²) < 4.78 is 1.80. The molecule has 1 aromatic carbocycles. The predicted molar refractivity (Wildman–Crippen MR) is 101 cm³/mol. The van der Waals surface area contributed by atoms with Crippen LogP contribution in [0.2, 0.25) is 10.0 Å². The van der Waals surface area contributed by atoms with Gasteiger partial charge in [0.25, 0.3) is 5.91 Å². The van der Waals surface area contributed by atoms with Crippen molar-refractivity contribution < 1.29 is 4.79 Å². The van der Waals surface area contributed by atoms with E-state index < -0.39 is 0 Å². The molecule has 0 saturated carbocycles. The third-order valence-corrected chi connectivity index (χ3v) is 5.00. The highest BCUT2D eigenvalue weighted by Crippen LogP contribution is 2.25. The Morgan fingerprint density at radius 1 is 1.32 bits per heavy atom. The van der Waals surface area contributed by atoms with Crippen molar-refractivity contribution in [2.45, 2.75) is 25.3 Å². The Labute approximate surface area is 162 Å². The molecule has 2 heterocycles. The molecule has 136 valence electrons. The molecule has 9 heteroatoms. The van der Waals surface area contributed by atoms with Crippen LogP contribution in [-0.2, 0) is 6.42 Å². The van der Waals surface area contributed by atoms with Gasteiger partial charge in [0, 0.05) is 6.54 Å². The van der Waals surface area contributed by atoms with Crippen LogP contribution in [0.5, 0.6) is 0 Å². The van der Waals surface area contributed by atoms with Crippen LogP contribution in [0.3, 0.4) is 0 Å². The zero-order chi connectivity index (χ0) is 16.9. The summed E-state index contributed by atoms with van der Waals surface area (Å²) in [5.41, 5.74) is 1.24. The summed E-state index contributed by atoms with van der Waals surface area (Å²) in [7, 11) is 0. The third kappa shape index (κ3) is 5.07. The van der Waals surface area contributed by atoms with Crippen molar-refractivity contribution in [1.29, 1.82) is 0 Å². The van der Waals surface area contributed by atoms with E-state index in [2.05, 4.69) is 20.9 Å². The van der Waals surface area contributed by atoms with Crippen molar-refractivity contribution in [3.8, 4) is 0 Å². The standard InChI is InChI=1S/C16H19Cl2N5O.ClH/c17-13-3-1-2-11(15(13)18)4-9-20-16(24)14-10-23(22-21-14)12-5-7-19-8-6-12;/h1-3,10,12,19H,4-9H2,(H,20,24);1H. The Morgan fingerprint density at radius 3 is 2.84 bits per heavy atom. The lowest BCUT2D eigenvalue weighted by molar-refractivity contribution is 0.0949. The Balaban J connectivity index is 0.00000225. The van der Waals surface area contributed by atoms with Crippen molar-refractivity contribution in [3.63, 3.8) is 0 Å². The molecular formula is C16H20Cl3N5O. The SMILES string of the molecule is Cl.O=C(NCCc1cccc(Cl)c1Cl)c1cn(C2CCNCC2)nn1. The fourth-order valence-electron chi connectivity index (χ4n) is 2.77. The maximum Gasteiger partial charge on any atom is 0.273 e. The summed E-state index contributed by atoms with van der Waals surface area (Å²) in [6.45, 7) is 2.39. The maximum atomic E-state index is 12.2. The van der Waals surface area contributed by atoms with E-state index in [1.807, 2.05) is 12.1 Å². The van der Waals surface area contributed by atoms with E-state index >= 15 is 0 Å². The Hall–Kier alpha value is -1.34. The minimum atomic E-state index is -0.228. The summed E-state index contributed by atoms with van der Waals surface area (Å²) in [5, 5.41) is 15.3. The van der Waals surface area contributed by atoms with Gasteiger partial charge in [0.1, 0.15) is 0 Å². The number of piperidine rings is 1. The van der Waals surface area contributed by atoms with Gasteiger partial charge in [-0.2, -0.15) is 0 Å². The summed E-state index contributed by atoms with van der Waals surface area (Å²) in [5.74, 6) is -0.228. The number of nitrogens with zero attached hydrogens (tertiary/aromatic N) is 3. The molecule has 6 nitrogen and oxygen atoms in total. The molecular weight excluding hydrogens is 385 g/mol. The first-order valence-electron chi connectivity index (χ1n) is 7.99. The molecule has 0 radical (unpaired) electrons. The number of amides is 1. The van der Waals surface area contributed by atoms with Crippen molar-refractivity contribution in [2.75, 3.05) is 19.6 Å². The third-order valence-electron chi connectivity index (χ3n) is 4.14. The lowest BCUT2D eigenvalue weighted by Crippen LogP contribution is -2.29. The zero-order valence-corrected chi connectivity index (χ0v) is 15.9. The van der Waals surface area contributed by atoms with Crippen LogP contribution < -0.4 is 10.6 Å². The summed E-state index contributed by atoms with van der Waals surface area (Å²) in [6.07, 6.45) is 4.32. The predicted octanol–water partition coefficient (Wildman–Crippen LogP) is 2.90. The Morgan fingerprint density at radius 2 is 2.08 bits per heavy atom. The highest BCUT2D eigenvalue weighted by Gasteiger charge is 2.18. The number of rotatable bonds is 5. The summed E-state index contributed by atoms with van der Waals surface area (Å²) >= 11 is 12.1. The van der Waals surface area contributed by atoms with Crippen molar-refractivity contribution in [3.05, 3.63) is 45.7 Å². The first-order valence-corrected chi connectivity index (χ1v) is 8.74. The lowest BCUT2D eigenvalue weighted by atomic mass is 10.1. The molecule has 3 rings (SSSR count). The Bertz CT molecular complexity index is 716. The second-order valence-electron chi connectivity index (χ2n) is 5.78. The topological polar surface area (TPSA) is 71.8 Å². The Kier molecular flexibility index (Phi) is 7.50. The average molecular weight is 405 g/mol. The minimum absolute atomic E-state index is 0. The van der Waals surface area contributed by atoms with Gasteiger partial charge in [-0.15, -0.1) is 17.5 Å². The normalized spacial score (nSPS) is 14.8. The van der Waals surface area contributed by atoms with Gasteiger partial charge in [0.05, 0.1) is 22.3 Å². The highest BCUT2D eigenvalue weighted by atomic mass is 35.5. The van der Waals surface area contributed by atoms with Crippen LogP contribution in [-0.4, -0.2) is 40.5 Å². The van der Waals surface area contributed by atoms with Gasteiger partial charge in [-0.3, -0.25) is 4.79 Å². The zero-order valence-electron chi connectivity index (χ0n) is 13.5. The molecule has 25 heavy (non-hydrogen) atoms. The monoisotopic (exact) mass is 403 g/mol. The van der Waals surface area contributed by atoms with Crippen molar-refractivity contribution >= 4 is 41.5 Å². The molecule has 2 N–H and O–H groups in total. The largest absolute Gasteiger partial charge is 0.350 e. The van der Waals surface area contributed by atoms with Gasteiger partial charge < -0.3 is 10.6 Å². The van der Waals surface area contributed by atoms with Crippen LogP contribution in [0.1, 0.15) is 34.9 Å². The van der Waals surface area contributed by atoms with E-state index in [1.165, 1.54) is 0 Å². The smallest absolute Gasteiger partial charge is 0.273 e. The van der Waals surface area contributed by atoms with E-state index in [9.17, 15) is 4.79 Å².